The van der Waals surface area contributed by atoms with Gasteiger partial charge in [-0.2, -0.15) is 0 Å². The topological polar surface area (TPSA) is 58.2 Å². The van der Waals surface area contributed by atoms with E-state index in [-0.39, 0.29) is 18.5 Å². The highest BCUT2D eigenvalue weighted by molar-refractivity contribution is 6.29. The lowest BCUT2D eigenvalue weighted by atomic mass is 9.98. The standard InChI is InChI=1S/C23H22ClFN2O2/c1-15(18-12-6-9-16-7-2-4-10-19(16)18)27-22(28)20-11-5-3-8-17(20)13-14-26-23(29)21(24)25/h2-12,15,21H,13-14H2,1H3,(H,26,29)(H,27,28). The van der Waals surface area contributed by atoms with E-state index in [0.29, 0.717) is 12.0 Å². The van der Waals surface area contributed by atoms with Crippen LogP contribution in [0.4, 0.5) is 4.39 Å². The average molecular weight is 413 g/mol. The number of halogens is 2. The summed E-state index contributed by atoms with van der Waals surface area (Å²) in [6.07, 6.45) is 0.390. The lowest BCUT2D eigenvalue weighted by Gasteiger charge is -2.18. The summed E-state index contributed by atoms with van der Waals surface area (Å²) in [4.78, 5) is 24.2. The van der Waals surface area contributed by atoms with Gasteiger partial charge in [0, 0.05) is 12.1 Å². The van der Waals surface area contributed by atoms with Crippen LogP contribution in [0.1, 0.15) is 34.5 Å². The van der Waals surface area contributed by atoms with Gasteiger partial charge in [0.1, 0.15) is 0 Å². The minimum atomic E-state index is -2.07. The normalized spacial score (nSPS) is 12.9. The molecule has 150 valence electrons. The van der Waals surface area contributed by atoms with Gasteiger partial charge in [-0.3, -0.25) is 9.59 Å². The molecule has 3 aromatic carbocycles. The third kappa shape index (κ3) is 5.12. The van der Waals surface area contributed by atoms with Crippen molar-refractivity contribution in [3.05, 3.63) is 83.4 Å². The van der Waals surface area contributed by atoms with Crippen molar-refractivity contribution in [1.29, 1.82) is 0 Å². The highest BCUT2D eigenvalue weighted by Gasteiger charge is 2.17. The van der Waals surface area contributed by atoms with Crippen molar-refractivity contribution in [3.8, 4) is 0 Å². The van der Waals surface area contributed by atoms with Crippen molar-refractivity contribution in [3.63, 3.8) is 0 Å². The van der Waals surface area contributed by atoms with Crippen molar-refractivity contribution >= 4 is 34.2 Å². The first-order chi connectivity index (χ1) is 14.0. The van der Waals surface area contributed by atoms with Gasteiger partial charge in [-0.1, -0.05) is 72.3 Å². The predicted molar refractivity (Wildman–Crippen MR) is 114 cm³/mol. The van der Waals surface area contributed by atoms with E-state index in [0.717, 1.165) is 21.9 Å². The Hall–Kier alpha value is -2.92. The van der Waals surface area contributed by atoms with Gasteiger partial charge in [0.05, 0.1) is 6.04 Å². The molecule has 4 nitrogen and oxygen atoms in total. The summed E-state index contributed by atoms with van der Waals surface area (Å²) in [6.45, 7) is 2.14. The predicted octanol–water partition coefficient (Wildman–Crippen LogP) is 4.52. The van der Waals surface area contributed by atoms with Crippen LogP contribution in [-0.2, 0) is 11.2 Å². The molecule has 2 atom stereocenters. The minimum Gasteiger partial charge on any atom is -0.352 e. The highest BCUT2D eigenvalue weighted by atomic mass is 35.5. The molecule has 2 amide bonds. The molecular formula is C23H22ClFN2O2. The molecule has 0 bridgehead atoms. The van der Waals surface area contributed by atoms with Crippen molar-refractivity contribution < 1.29 is 14.0 Å². The van der Waals surface area contributed by atoms with Gasteiger partial charge in [-0.15, -0.1) is 0 Å². The van der Waals surface area contributed by atoms with E-state index in [1.54, 1.807) is 12.1 Å². The molecule has 0 radical (unpaired) electrons. The first-order valence-corrected chi connectivity index (χ1v) is 9.83. The number of hydrogen-bond donors (Lipinski definition) is 2. The second-order valence-corrected chi connectivity index (χ2v) is 7.15. The summed E-state index contributed by atoms with van der Waals surface area (Å²) < 4.78 is 12.7. The van der Waals surface area contributed by atoms with E-state index in [9.17, 15) is 14.0 Å². The number of fused-ring (bicyclic) bond motifs is 1. The smallest absolute Gasteiger partial charge is 0.270 e. The van der Waals surface area contributed by atoms with E-state index in [1.165, 1.54) is 0 Å². The molecule has 2 unspecified atom stereocenters. The van der Waals surface area contributed by atoms with Gasteiger partial charge < -0.3 is 10.6 Å². The van der Waals surface area contributed by atoms with Crippen molar-refractivity contribution in [2.45, 2.75) is 25.0 Å². The zero-order chi connectivity index (χ0) is 20.8. The molecule has 0 aliphatic heterocycles. The molecule has 2 N–H and O–H groups in total. The van der Waals surface area contributed by atoms with Crippen molar-refractivity contribution in [2.75, 3.05) is 6.54 Å². The molecule has 0 fully saturated rings. The quantitative estimate of drug-likeness (QED) is 0.560. The lowest BCUT2D eigenvalue weighted by molar-refractivity contribution is -0.123. The van der Waals surface area contributed by atoms with Crippen LogP contribution in [0.5, 0.6) is 0 Å². The summed E-state index contributed by atoms with van der Waals surface area (Å²) in [5.74, 6) is -1.08. The maximum absolute atomic E-state index is 12.9. The van der Waals surface area contributed by atoms with Crippen LogP contribution in [0.25, 0.3) is 10.8 Å². The van der Waals surface area contributed by atoms with Crippen molar-refractivity contribution in [2.24, 2.45) is 0 Å². The van der Waals surface area contributed by atoms with Crippen LogP contribution >= 0.6 is 11.6 Å². The van der Waals surface area contributed by atoms with Crippen LogP contribution in [0.2, 0.25) is 0 Å². The zero-order valence-electron chi connectivity index (χ0n) is 16.0. The number of carbonyl (C=O) groups excluding carboxylic acids is 2. The maximum atomic E-state index is 12.9. The van der Waals surface area contributed by atoms with Gasteiger partial charge >= 0.3 is 0 Å². The largest absolute Gasteiger partial charge is 0.352 e. The molecule has 6 heteroatoms. The molecular weight excluding hydrogens is 391 g/mol. The molecule has 3 aromatic rings. The fourth-order valence-corrected chi connectivity index (χ4v) is 3.41. The Morgan fingerprint density at radius 1 is 1.00 bits per heavy atom. The van der Waals surface area contributed by atoms with Crippen LogP contribution in [-0.4, -0.2) is 24.0 Å². The summed E-state index contributed by atoms with van der Waals surface area (Å²) in [7, 11) is 0. The summed E-state index contributed by atoms with van der Waals surface area (Å²) >= 11 is 5.11. The summed E-state index contributed by atoms with van der Waals surface area (Å²) in [6, 6.07) is 21.0. The minimum absolute atomic E-state index is 0.190. The first-order valence-electron chi connectivity index (χ1n) is 9.39. The van der Waals surface area contributed by atoms with Gasteiger partial charge in [0.15, 0.2) is 0 Å². The number of carbonyl (C=O) groups is 2. The Morgan fingerprint density at radius 3 is 2.48 bits per heavy atom. The molecule has 3 rings (SSSR count). The SMILES string of the molecule is CC(NC(=O)c1ccccc1CCNC(=O)C(F)Cl)c1cccc2ccccc12. The fraction of sp³-hybridized carbons (Fsp3) is 0.217. The summed E-state index contributed by atoms with van der Waals surface area (Å²) in [5.41, 5.74) is 0.254. The number of benzene rings is 3. The Balaban J connectivity index is 1.73. The van der Waals surface area contributed by atoms with E-state index in [1.807, 2.05) is 61.5 Å². The highest BCUT2D eigenvalue weighted by Crippen LogP contribution is 2.24. The number of alkyl halides is 2. The van der Waals surface area contributed by atoms with Crippen molar-refractivity contribution in [1.82, 2.24) is 10.6 Å². The van der Waals surface area contributed by atoms with Crippen LogP contribution in [0, 0.1) is 0 Å². The van der Waals surface area contributed by atoms with E-state index in [4.69, 9.17) is 11.6 Å². The van der Waals surface area contributed by atoms with Gasteiger partial charge in [-0.25, -0.2) is 4.39 Å². The van der Waals surface area contributed by atoms with Crippen LogP contribution in [0.3, 0.4) is 0 Å². The molecule has 0 aromatic heterocycles. The number of nitrogens with one attached hydrogen (secondary N) is 2. The van der Waals surface area contributed by atoms with Gasteiger partial charge in [0.25, 0.3) is 17.4 Å². The van der Waals surface area contributed by atoms with Gasteiger partial charge in [-0.05, 0) is 41.3 Å². The Bertz CT molecular complexity index is 1020. The molecule has 0 heterocycles. The molecule has 29 heavy (non-hydrogen) atoms. The fourth-order valence-electron chi connectivity index (χ4n) is 3.34. The maximum Gasteiger partial charge on any atom is 0.270 e. The van der Waals surface area contributed by atoms with Crippen LogP contribution in [0.15, 0.2) is 66.7 Å². The number of hydrogen-bond acceptors (Lipinski definition) is 2. The summed E-state index contributed by atoms with van der Waals surface area (Å²) in [5, 5.41) is 7.68. The Labute approximate surface area is 174 Å². The molecule has 0 spiro atoms. The second-order valence-electron chi connectivity index (χ2n) is 6.76. The number of amides is 2. The number of rotatable bonds is 7. The average Bonchev–Trinajstić information content (AvgIpc) is 2.73. The third-order valence-electron chi connectivity index (χ3n) is 4.79. The molecule has 0 saturated heterocycles. The monoisotopic (exact) mass is 412 g/mol. The van der Waals surface area contributed by atoms with Gasteiger partial charge in [0.2, 0.25) is 0 Å². The Morgan fingerprint density at radius 2 is 1.69 bits per heavy atom. The molecule has 0 saturated carbocycles. The van der Waals surface area contributed by atoms with E-state index in [2.05, 4.69) is 10.6 Å². The Kier molecular flexibility index (Phi) is 6.83. The lowest BCUT2D eigenvalue weighted by Crippen LogP contribution is -2.31. The van der Waals surface area contributed by atoms with Crippen LogP contribution < -0.4 is 10.6 Å². The zero-order valence-corrected chi connectivity index (χ0v) is 16.7. The molecule has 0 aliphatic rings. The first kappa shape index (κ1) is 20.8. The van der Waals surface area contributed by atoms with E-state index >= 15 is 0 Å². The molecule has 0 aliphatic carbocycles. The third-order valence-corrected chi connectivity index (χ3v) is 4.99. The second kappa shape index (κ2) is 9.52. The van der Waals surface area contributed by atoms with E-state index < -0.39 is 11.5 Å².